The van der Waals surface area contributed by atoms with Crippen LogP contribution in [0.2, 0.25) is 5.02 Å². The number of aryl methyl sites for hydroxylation is 1. The predicted octanol–water partition coefficient (Wildman–Crippen LogP) is 4.99. The summed E-state index contributed by atoms with van der Waals surface area (Å²) in [6, 6.07) is 14.2. The Hall–Kier alpha value is -0.960. The van der Waals surface area contributed by atoms with Crippen molar-refractivity contribution in [3.8, 4) is 0 Å². The van der Waals surface area contributed by atoms with Crippen molar-refractivity contribution in [1.29, 1.82) is 0 Å². The zero-order valence-electron chi connectivity index (χ0n) is 11.1. The van der Waals surface area contributed by atoms with Gasteiger partial charge in [0.05, 0.1) is 6.10 Å². The van der Waals surface area contributed by atoms with Crippen LogP contribution in [0.15, 0.2) is 47.4 Å². The maximum absolute atomic E-state index is 9.46. The normalized spacial score (nSPS) is 12.4. The topological polar surface area (TPSA) is 20.2 Å². The Labute approximate surface area is 123 Å². The highest BCUT2D eigenvalue weighted by Crippen LogP contribution is 2.28. The van der Waals surface area contributed by atoms with E-state index in [0.717, 1.165) is 21.9 Å². The van der Waals surface area contributed by atoms with E-state index in [4.69, 9.17) is 11.6 Å². The largest absolute Gasteiger partial charge is 0.389 e. The van der Waals surface area contributed by atoms with E-state index < -0.39 is 6.10 Å². The van der Waals surface area contributed by atoms with Crippen LogP contribution in [0.3, 0.4) is 0 Å². The van der Waals surface area contributed by atoms with Crippen LogP contribution in [0.1, 0.15) is 29.7 Å². The molecular formula is C16H17ClOS. The van der Waals surface area contributed by atoms with Crippen molar-refractivity contribution in [1.82, 2.24) is 0 Å². The van der Waals surface area contributed by atoms with Gasteiger partial charge >= 0.3 is 0 Å². The first-order chi connectivity index (χ1) is 9.06. The summed E-state index contributed by atoms with van der Waals surface area (Å²) in [7, 11) is 0. The lowest BCUT2D eigenvalue weighted by atomic mass is 10.1. The highest BCUT2D eigenvalue weighted by molar-refractivity contribution is 7.98. The number of hydrogen-bond donors (Lipinski definition) is 1. The molecule has 1 nitrogen and oxygen atoms in total. The lowest BCUT2D eigenvalue weighted by Gasteiger charge is -2.07. The summed E-state index contributed by atoms with van der Waals surface area (Å²) in [6.45, 7) is 3.81. The SMILES string of the molecule is Cc1ccc(CSc2ccc(C(C)O)cc2)c(Cl)c1. The average molecular weight is 293 g/mol. The van der Waals surface area contributed by atoms with E-state index in [1.54, 1.807) is 18.7 Å². The molecule has 1 unspecified atom stereocenters. The molecule has 0 saturated carbocycles. The Morgan fingerprint density at radius 1 is 1.16 bits per heavy atom. The van der Waals surface area contributed by atoms with Crippen LogP contribution in [0, 0.1) is 6.92 Å². The first-order valence-electron chi connectivity index (χ1n) is 6.22. The third kappa shape index (κ3) is 4.00. The van der Waals surface area contributed by atoms with Crippen LogP contribution in [-0.4, -0.2) is 5.11 Å². The van der Waals surface area contributed by atoms with Crippen molar-refractivity contribution in [3.05, 3.63) is 64.2 Å². The molecule has 3 heteroatoms. The smallest absolute Gasteiger partial charge is 0.0761 e. The van der Waals surface area contributed by atoms with E-state index in [1.165, 1.54) is 10.5 Å². The minimum absolute atomic E-state index is 0.411. The van der Waals surface area contributed by atoms with Gasteiger partial charge < -0.3 is 5.11 Å². The number of aliphatic hydroxyl groups excluding tert-OH is 1. The third-order valence-corrected chi connectivity index (χ3v) is 4.38. The fourth-order valence-corrected chi connectivity index (χ4v) is 3.06. The minimum Gasteiger partial charge on any atom is -0.389 e. The number of halogens is 1. The summed E-state index contributed by atoms with van der Waals surface area (Å²) in [5.74, 6) is 0.854. The van der Waals surface area contributed by atoms with Crippen LogP contribution in [-0.2, 0) is 5.75 Å². The molecule has 19 heavy (non-hydrogen) atoms. The van der Waals surface area contributed by atoms with E-state index in [0.29, 0.717) is 0 Å². The first-order valence-corrected chi connectivity index (χ1v) is 7.58. The van der Waals surface area contributed by atoms with Crippen molar-refractivity contribution in [2.24, 2.45) is 0 Å². The van der Waals surface area contributed by atoms with E-state index in [-0.39, 0.29) is 0 Å². The van der Waals surface area contributed by atoms with Gasteiger partial charge in [-0.2, -0.15) is 0 Å². The molecule has 0 saturated heterocycles. The quantitative estimate of drug-likeness (QED) is 0.801. The van der Waals surface area contributed by atoms with Gasteiger partial charge in [0.25, 0.3) is 0 Å². The summed E-state index contributed by atoms with van der Waals surface area (Å²) in [4.78, 5) is 1.18. The molecule has 0 spiro atoms. The van der Waals surface area contributed by atoms with Gasteiger partial charge in [0.1, 0.15) is 0 Å². The number of thioether (sulfide) groups is 1. The number of benzene rings is 2. The van der Waals surface area contributed by atoms with Gasteiger partial charge in [0.15, 0.2) is 0 Å². The molecular weight excluding hydrogens is 276 g/mol. The molecule has 0 fully saturated rings. The van der Waals surface area contributed by atoms with Gasteiger partial charge in [-0.1, -0.05) is 35.9 Å². The average Bonchev–Trinajstić information content (AvgIpc) is 2.38. The van der Waals surface area contributed by atoms with Crippen LogP contribution in [0.25, 0.3) is 0 Å². The van der Waals surface area contributed by atoms with E-state index >= 15 is 0 Å². The lowest BCUT2D eigenvalue weighted by Crippen LogP contribution is -1.90. The van der Waals surface area contributed by atoms with Crippen molar-refractivity contribution in [2.75, 3.05) is 0 Å². The van der Waals surface area contributed by atoms with Gasteiger partial charge in [-0.15, -0.1) is 11.8 Å². The molecule has 0 aliphatic rings. The van der Waals surface area contributed by atoms with Gasteiger partial charge in [0, 0.05) is 15.7 Å². The molecule has 2 aromatic carbocycles. The Bertz CT molecular complexity index is 549. The van der Waals surface area contributed by atoms with Crippen LogP contribution in [0.4, 0.5) is 0 Å². The maximum Gasteiger partial charge on any atom is 0.0761 e. The Balaban J connectivity index is 2.02. The second-order valence-electron chi connectivity index (χ2n) is 4.63. The molecule has 0 radical (unpaired) electrons. The molecule has 100 valence electrons. The van der Waals surface area contributed by atoms with E-state index in [9.17, 15) is 5.11 Å². The summed E-state index contributed by atoms with van der Waals surface area (Å²) in [5.41, 5.74) is 3.27. The highest BCUT2D eigenvalue weighted by atomic mass is 35.5. The fraction of sp³-hybridized carbons (Fsp3) is 0.250. The van der Waals surface area contributed by atoms with E-state index in [2.05, 4.69) is 12.1 Å². The van der Waals surface area contributed by atoms with Gasteiger partial charge in [-0.3, -0.25) is 0 Å². The molecule has 2 aromatic rings. The zero-order chi connectivity index (χ0) is 13.8. The van der Waals surface area contributed by atoms with Crippen molar-refractivity contribution in [3.63, 3.8) is 0 Å². The maximum atomic E-state index is 9.46. The molecule has 2 rings (SSSR count). The molecule has 0 aliphatic heterocycles. The summed E-state index contributed by atoms with van der Waals surface area (Å²) >= 11 is 7.96. The predicted molar refractivity (Wildman–Crippen MR) is 82.8 cm³/mol. The Kier molecular flexibility index (Phi) is 4.92. The third-order valence-electron chi connectivity index (χ3n) is 2.97. The van der Waals surface area contributed by atoms with Crippen LogP contribution >= 0.6 is 23.4 Å². The standard InChI is InChI=1S/C16H17ClOS/c1-11-3-4-14(16(17)9-11)10-19-15-7-5-13(6-8-15)12(2)18/h3-9,12,18H,10H2,1-2H3. The molecule has 1 N–H and O–H groups in total. The van der Waals surface area contributed by atoms with Crippen molar-refractivity contribution in [2.45, 2.75) is 30.6 Å². The lowest BCUT2D eigenvalue weighted by molar-refractivity contribution is 0.199. The first kappa shape index (κ1) is 14.4. The molecule has 1 atom stereocenters. The molecule has 0 aliphatic carbocycles. The van der Waals surface area contributed by atoms with Crippen LogP contribution in [0.5, 0.6) is 0 Å². The second-order valence-corrected chi connectivity index (χ2v) is 6.08. The second kappa shape index (κ2) is 6.47. The molecule has 0 amide bonds. The minimum atomic E-state index is -0.411. The van der Waals surface area contributed by atoms with Gasteiger partial charge in [0.2, 0.25) is 0 Å². The molecule has 0 aromatic heterocycles. The summed E-state index contributed by atoms with van der Waals surface area (Å²) < 4.78 is 0. The number of rotatable bonds is 4. The molecule has 0 heterocycles. The van der Waals surface area contributed by atoms with E-state index in [1.807, 2.05) is 37.3 Å². The van der Waals surface area contributed by atoms with Crippen LogP contribution < -0.4 is 0 Å². The summed E-state index contributed by atoms with van der Waals surface area (Å²) in [6.07, 6.45) is -0.411. The van der Waals surface area contributed by atoms with Crippen molar-refractivity contribution < 1.29 is 5.11 Å². The Morgan fingerprint density at radius 2 is 1.84 bits per heavy atom. The number of aliphatic hydroxyl groups is 1. The number of hydrogen-bond acceptors (Lipinski definition) is 2. The molecule has 0 bridgehead atoms. The monoisotopic (exact) mass is 292 g/mol. The highest BCUT2D eigenvalue weighted by Gasteiger charge is 2.03. The summed E-state index contributed by atoms with van der Waals surface area (Å²) in [5, 5.41) is 10.3. The fourth-order valence-electron chi connectivity index (χ4n) is 1.77. The van der Waals surface area contributed by atoms with Gasteiger partial charge in [-0.05, 0) is 48.7 Å². The van der Waals surface area contributed by atoms with Crippen molar-refractivity contribution >= 4 is 23.4 Å². The van der Waals surface area contributed by atoms with Gasteiger partial charge in [-0.25, -0.2) is 0 Å². The Morgan fingerprint density at radius 3 is 2.42 bits per heavy atom. The zero-order valence-corrected chi connectivity index (χ0v) is 12.6.